The molecule has 0 aliphatic heterocycles. The molecule has 1 heterocycles. The molecule has 0 aliphatic carbocycles. The number of primary sulfonamides is 1. The number of nitrogens with two attached hydrogens (primary N) is 1. The molecular weight excluding hydrogens is 452 g/mol. The molecule has 0 saturated heterocycles. The number of nitrogens with one attached hydrogen (secondary N) is 1. The Morgan fingerprint density at radius 3 is 2.38 bits per heavy atom. The van der Waals surface area contributed by atoms with E-state index in [0.717, 1.165) is 22.4 Å². The number of carbonyl (C=O) groups is 1. The molecule has 0 saturated carbocycles. The topological polar surface area (TPSA) is 116 Å². The summed E-state index contributed by atoms with van der Waals surface area (Å²) in [6.45, 7) is 4.01. The lowest BCUT2D eigenvalue weighted by Gasteiger charge is -2.10. The standard InChI is InChI=1S/C25H24N4O4S/c1-16-9-10-18(13-17(16)2)24-21(15-29(28-24)20-7-5-4-6-8-20)25(30)27-19-11-12-22(33-3)23(14-19)34(26,31)32/h4-15H,1-3H3,(H,27,30)(H2,26,31,32). The molecule has 0 aliphatic rings. The third-order valence-corrected chi connectivity index (χ3v) is 6.42. The minimum Gasteiger partial charge on any atom is -0.495 e. The summed E-state index contributed by atoms with van der Waals surface area (Å²) in [5, 5.41) is 12.7. The van der Waals surface area contributed by atoms with Gasteiger partial charge < -0.3 is 10.1 Å². The number of nitrogens with zero attached hydrogens (tertiary/aromatic N) is 2. The van der Waals surface area contributed by atoms with Crippen LogP contribution >= 0.6 is 0 Å². The molecule has 0 bridgehead atoms. The van der Waals surface area contributed by atoms with Crippen LogP contribution in [-0.2, 0) is 10.0 Å². The highest BCUT2D eigenvalue weighted by molar-refractivity contribution is 7.89. The number of aryl methyl sites for hydroxylation is 2. The zero-order valence-corrected chi connectivity index (χ0v) is 19.8. The molecule has 3 aromatic carbocycles. The van der Waals surface area contributed by atoms with Crippen LogP contribution in [0.1, 0.15) is 21.5 Å². The average Bonchev–Trinajstić information content (AvgIpc) is 3.26. The Kier molecular flexibility index (Phi) is 6.23. The van der Waals surface area contributed by atoms with Crippen molar-refractivity contribution in [1.29, 1.82) is 0 Å². The fraction of sp³-hybridized carbons (Fsp3) is 0.120. The molecule has 0 fully saturated rings. The summed E-state index contributed by atoms with van der Waals surface area (Å²) in [4.78, 5) is 13.1. The van der Waals surface area contributed by atoms with E-state index < -0.39 is 15.9 Å². The maximum Gasteiger partial charge on any atom is 0.259 e. The second-order valence-electron chi connectivity index (χ2n) is 7.84. The Balaban J connectivity index is 1.78. The zero-order chi connectivity index (χ0) is 24.5. The number of rotatable bonds is 6. The second kappa shape index (κ2) is 9.12. The Morgan fingerprint density at radius 2 is 1.74 bits per heavy atom. The number of amides is 1. The normalized spacial score (nSPS) is 11.3. The predicted octanol–water partition coefficient (Wildman–Crippen LogP) is 4.06. The van der Waals surface area contributed by atoms with Gasteiger partial charge in [-0.1, -0.05) is 30.3 Å². The largest absolute Gasteiger partial charge is 0.495 e. The maximum atomic E-state index is 13.3. The molecule has 4 rings (SSSR count). The van der Waals surface area contributed by atoms with Crippen LogP contribution in [0.15, 0.2) is 77.8 Å². The molecule has 3 N–H and O–H groups in total. The minimum atomic E-state index is -4.05. The number of aromatic nitrogens is 2. The van der Waals surface area contributed by atoms with Gasteiger partial charge in [-0.2, -0.15) is 5.10 Å². The van der Waals surface area contributed by atoms with E-state index in [9.17, 15) is 13.2 Å². The van der Waals surface area contributed by atoms with Crippen molar-refractivity contribution in [2.45, 2.75) is 18.7 Å². The molecule has 0 spiro atoms. The SMILES string of the molecule is COc1ccc(NC(=O)c2cn(-c3ccccc3)nc2-c2ccc(C)c(C)c2)cc1S(N)(=O)=O. The summed E-state index contributed by atoms with van der Waals surface area (Å²) in [5.74, 6) is -0.353. The predicted molar refractivity (Wildman–Crippen MR) is 131 cm³/mol. The van der Waals surface area contributed by atoms with Gasteiger partial charge in [-0.25, -0.2) is 18.2 Å². The fourth-order valence-corrected chi connectivity index (χ4v) is 4.25. The van der Waals surface area contributed by atoms with Crippen LogP contribution in [0.3, 0.4) is 0 Å². The van der Waals surface area contributed by atoms with E-state index in [1.807, 2.05) is 62.4 Å². The second-order valence-corrected chi connectivity index (χ2v) is 9.37. The van der Waals surface area contributed by atoms with E-state index in [1.54, 1.807) is 16.9 Å². The molecule has 34 heavy (non-hydrogen) atoms. The molecule has 1 amide bonds. The van der Waals surface area contributed by atoms with E-state index in [1.165, 1.54) is 19.2 Å². The molecular formula is C25H24N4O4S. The first-order valence-corrected chi connectivity index (χ1v) is 12.0. The Labute approximate surface area is 198 Å². The number of benzene rings is 3. The third-order valence-electron chi connectivity index (χ3n) is 5.49. The number of para-hydroxylation sites is 1. The lowest BCUT2D eigenvalue weighted by atomic mass is 10.0. The zero-order valence-electron chi connectivity index (χ0n) is 18.9. The highest BCUT2D eigenvalue weighted by Crippen LogP contribution is 2.29. The van der Waals surface area contributed by atoms with Crippen molar-refractivity contribution in [1.82, 2.24) is 9.78 Å². The monoisotopic (exact) mass is 476 g/mol. The molecule has 8 nitrogen and oxygen atoms in total. The lowest BCUT2D eigenvalue weighted by molar-refractivity contribution is 0.102. The Hall–Kier alpha value is -3.95. The summed E-state index contributed by atoms with van der Waals surface area (Å²) in [5.41, 5.74) is 4.89. The Morgan fingerprint density at radius 1 is 1.00 bits per heavy atom. The highest BCUT2D eigenvalue weighted by Gasteiger charge is 2.21. The van der Waals surface area contributed by atoms with Crippen LogP contribution < -0.4 is 15.2 Å². The van der Waals surface area contributed by atoms with E-state index in [2.05, 4.69) is 10.4 Å². The van der Waals surface area contributed by atoms with Gasteiger partial charge in [0.1, 0.15) is 16.3 Å². The smallest absolute Gasteiger partial charge is 0.259 e. The average molecular weight is 477 g/mol. The van der Waals surface area contributed by atoms with E-state index in [4.69, 9.17) is 9.88 Å². The summed E-state index contributed by atoms with van der Waals surface area (Å²) in [7, 11) is -2.71. The van der Waals surface area contributed by atoms with Gasteiger partial charge in [0.2, 0.25) is 10.0 Å². The number of hydrogen-bond acceptors (Lipinski definition) is 5. The number of ether oxygens (including phenoxy) is 1. The first kappa shape index (κ1) is 23.2. The number of hydrogen-bond donors (Lipinski definition) is 2. The van der Waals surface area contributed by atoms with Crippen LogP contribution in [-0.4, -0.2) is 31.2 Å². The van der Waals surface area contributed by atoms with E-state index >= 15 is 0 Å². The first-order chi connectivity index (χ1) is 16.2. The van der Waals surface area contributed by atoms with E-state index in [-0.39, 0.29) is 16.3 Å². The Bertz CT molecular complexity index is 1480. The summed E-state index contributed by atoms with van der Waals surface area (Å²) >= 11 is 0. The molecule has 0 atom stereocenters. The van der Waals surface area contributed by atoms with E-state index in [0.29, 0.717) is 11.3 Å². The third kappa shape index (κ3) is 4.70. The maximum absolute atomic E-state index is 13.3. The van der Waals surface area contributed by atoms with Gasteiger partial charge in [0.15, 0.2) is 0 Å². The minimum absolute atomic E-state index is 0.0909. The number of sulfonamides is 1. The van der Waals surface area contributed by atoms with Crippen LogP contribution in [0.5, 0.6) is 5.75 Å². The quantitative estimate of drug-likeness (QED) is 0.435. The van der Waals surface area contributed by atoms with Gasteiger partial charge >= 0.3 is 0 Å². The van der Waals surface area contributed by atoms with Gasteiger partial charge in [0.25, 0.3) is 5.91 Å². The van der Waals surface area contributed by atoms with Crippen LogP contribution in [0.2, 0.25) is 0 Å². The van der Waals surface area contributed by atoms with Crippen molar-refractivity contribution >= 4 is 21.6 Å². The number of anilines is 1. The summed E-state index contributed by atoms with van der Waals surface area (Å²) in [6, 6.07) is 19.6. The van der Waals surface area contributed by atoms with Crippen molar-refractivity contribution in [3.63, 3.8) is 0 Å². The van der Waals surface area contributed by atoms with Gasteiger partial charge in [-0.15, -0.1) is 0 Å². The molecule has 174 valence electrons. The molecule has 9 heteroatoms. The first-order valence-electron chi connectivity index (χ1n) is 10.4. The van der Waals surface area contributed by atoms with Crippen molar-refractivity contribution in [3.8, 4) is 22.7 Å². The van der Waals surface area contributed by atoms with Crippen molar-refractivity contribution in [2.24, 2.45) is 5.14 Å². The highest BCUT2D eigenvalue weighted by atomic mass is 32.2. The van der Waals surface area contributed by atoms with Gasteiger partial charge in [-0.3, -0.25) is 4.79 Å². The summed E-state index contributed by atoms with van der Waals surface area (Å²) in [6.07, 6.45) is 1.65. The summed E-state index contributed by atoms with van der Waals surface area (Å²) < 4.78 is 30.6. The molecule has 1 aromatic heterocycles. The number of carbonyl (C=O) groups excluding carboxylic acids is 1. The van der Waals surface area contributed by atoms with Crippen molar-refractivity contribution in [2.75, 3.05) is 12.4 Å². The van der Waals surface area contributed by atoms with Crippen molar-refractivity contribution < 1.29 is 17.9 Å². The van der Waals surface area contributed by atoms with Gasteiger partial charge in [0.05, 0.1) is 18.4 Å². The van der Waals surface area contributed by atoms with Gasteiger partial charge in [-0.05, 0) is 61.4 Å². The van der Waals surface area contributed by atoms with Crippen LogP contribution in [0.4, 0.5) is 5.69 Å². The molecule has 4 aromatic rings. The molecule has 0 unspecified atom stereocenters. The fourth-order valence-electron chi connectivity index (χ4n) is 3.53. The van der Waals surface area contributed by atoms with Crippen LogP contribution in [0.25, 0.3) is 16.9 Å². The molecule has 0 radical (unpaired) electrons. The number of methoxy groups -OCH3 is 1. The lowest BCUT2D eigenvalue weighted by Crippen LogP contribution is -2.16. The van der Waals surface area contributed by atoms with Gasteiger partial charge in [0, 0.05) is 17.4 Å². The van der Waals surface area contributed by atoms with Crippen LogP contribution in [0, 0.1) is 13.8 Å². The van der Waals surface area contributed by atoms with Crippen molar-refractivity contribution in [3.05, 3.63) is 89.6 Å².